The molecule has 0 radical (unpaired) electrons. The lowest BCUT2D eigenvalue weighted by Crippen LogP contribution is -2.42. The second-order valence-electron chi connectivity index (χ2n) is 7.78. The molecule has 2 N–H and O–H groups in total. The SMILES string of the molecule is CC(C)n1cc(C(CN)N2CCC(C(C)(C)C)CC2)cn1. The number of nitrogens with two attached hydrogens (primary N) is 1. The molecule has 0 aromatic carbocycles. The van der Waals surface area contributed by atoms with E-state index in [4.69, 9.17) is 5.73 Å². The van der Waals surface area contributed by atoms with E-state index in [-0.39, 0.29) is 0 Å². The maximum atomic E-state index is 6.06. The fourth-order valence-electron chi connectivity index (χ4n) is 3.38. The van der Waals surface area contributed by atoms with E-state index in [9.17, 15) is 0 Å². The number of hydrogen-bond donors (Lipinski definition) is 1. The largest absolute Gasteiger partial charge is 0.329 e. The Bertz CT molecular complexity index is 436. The molecule has 4 nitrogen and oxygen atoms in total. The van der Waals surface area contributed by atoms with Crippen LogP contribution < -0.4 is 5.73 Å². The van der Waals surface area contributed by atoms with E-state index in [1.807, 2.05) is 10.9 Å². The molecule has 2 rings (SSSR count). The summed E-state index contributed by atoms with van der Waals surface area (Å²) in [5, 5.41) is 4.47. The number of aromatic nitrogens is 2. The third kappa shape index (κ3) is 3.86. The van der Waals surface area contributed by atoms with Crippen LogP contribution in [-0.2, 0) is 0 Å². The van der Waals surface area contributed by atoms with Gasteiger partial charge in [-0.2, -0.15) is 5.10 Å². The maximum Gasteiger partial charge on any atom is 0.0538 e. The number of hydrogen-bond acceptors (Lipinski definition) is 3. The van der Waals surface area contributed by atoms with Crippen molar-refractivity contribution in [3.05, 3.63) is 18.0 Å². The molecule has 4 heteroatoms. The Morgan fingerprint density at radius 3 is 2.33 bits per heavy atom. The zero-order valence-electron chi connectivity index (χ0n) is 14.3. The lowest BCUT2D eigenvalue weighted by molar-refractivity contribution is 0.0846. The highest BCUT2D eigenvalue weighted by Crippen LogP contribution is 2.36. The Morgan fingerprint density at radius 2 is 1.90 bits per heavy atom. The van der Waals surface area contributed by atoms with Crippen molar-refractivity contribution in [2.24, 2.45) is 17.1 Å². The van der Waals surface area contributed by atoms with E-state index in [1.165, 1.54) is 18.4 Å². The Hall–Kier alpha value is -0.870. The molecule has 0 aliphatic carbocycles. The molecule has 21 heavy (non-hydrogen) atoms. The molecule has 1 aliphatic heterocycles. The van der Waals surface area contributed by atoms with Gasteiger partial charge in [-0.15, -0.1) is 0 Å². The molecule has 1 unspecified atom stereocenters. The fraction of sp³-hybridized carbons (Fsp3) is 0.824. The van der Waals surface area contributed by atoms with Crippen molar-refractivity contribution in [1.29, 1.82) is 0 Å². The lowest BCUT2D eigenvalue weighted by Gasteiger charge is -2.41. The molecule has 1 saturated heterocycles. The second kappa shape index (κ2) is 6.49. The first-order valence-electron chi connectivity index (χ1n) is 8.31. The first-order valence-corrected chi connectivity index (χ1v) is 8.31. The van der Waals surface area contributed by atoms with Crippen molar-refractivity contribution in [3.8, 4) is 0 Å². The van der Waals surface area contributed by atoms with Gasteiger partial charge in [0.2, 0.25) is 0 Å². The van der Waals surface area contributed by atoms with Gasteiger partial charge in [-0.3, -0.25) is 9.58 Å². The summed E-state index contributed by atoms with van der Waals surface area (Å²) in [6.07, 6.45) is 6.71. The first-order chi connectivity index (χ1) is 9.82. The van der Waals surface area contributed by atoms with Crippen LogP contribution in [0.15, 0.2) is 12.4 Å². The van der Waals surface area contributed by atoms with Gasteiger partial charge in [0.25, 0.3) is 0 Å². The predicted molar refractivity (Wildman–Crippen MR) is 88.2 cm³/mol. The zero-order chi connectivity index (χ0) is 15.6. The van der Waals surface area contributed by atoms with Gasteiger partial charge in [-0.1, -0.05) is 20.8 Å². The van der Waals surface area contributed by atoms with Crippen molar-refractivity contribution in [1.82, 2.24) is 14.7 Å². The van der Waals surface area contributed by atoms with E-state index in [2.05, 4.69) is 50.8 Å². The van der Waals surface area contributed by atoms with Crippen LogP contribution in [0.1, 0.15) is 65.1 Å². The molecule has 0 saturated carbocycles. The Balaban J connectivity index is 2.02. The Labute approximate surface area is 129 Å². The van der Waals surface area contributed by atoms with Crippen LogP contribution in [0, 0.1) is 11.3 Å². The molecule has 0 bridgehead atoms. The number of rotatable bonds is 4. The van der Waals surface area contributed by atoms with Crippen LogP contribution in [0.3, 0.4) is 0 Å². The fourth-order valence-corrected chi connectivity index (χ4v) is 3.38. The third-order valence-electron chi connectivity index (χ3n) is 4.95. The summed E-state index contributed by atoms with van der Waals surface area (Å²) >= 11 is 0. The van der Waals surface area contributed by atoms with E-state index in [1.54, 1.807) is 0 Å². The third-order valence-corrected chi connectivity index (χ3v) is 4.95. The summed E-state index contributed by atoms with van der Waals surface area (Å²) in [5.74, 6) is 0.825. The Kier molecular flexibility index (Phi) is 5.10. The van der Waals surface area contributed by atoms with Crippen molar-refractivity contribution >= 4 is 0 Å². The van der Waals surface area contributed by atoms with Crippen LogP contribution in [0.2, 0.25) is 0 Å². The molecule has 1 fully saturated rings. The normalized spacial score (nSPS) is 20.1. The summed E-state index contributed by atoms with van der Waals surface area (Å²) in [6.45, 7) is 14.4. The van der Waals surface area contributed by atoms with Crippen molar-refractivity contribution in [3.63, 3.8) is 0 Å². The highest BCUT2D eigenvalue weighted by molar-refractivity contribution is 5.12. The summed E-state index contributed by atoms with van der Waals surface area (Å²) in [7, 11) is 0. The van der Waals surface area contributed by atoms with Crippen LogP contribution in [-0.4, -0.2) is 34.3 Å². The minimum Gasteiger partial charge on any atom is -0.329 e. The van der Waals surface area contributed by atoms with E-state index < -0.39 is 0 Å². The van der Waals surface area contributed by atoms with Gasteiger partial charge in [0, 0.05) is 24.3 Å². The molecule has 2 heterocycles. The zero-order valence-corrected chi connectivity index (χ0v) is 14.3. The van der Waals surface area contributed by atoms with Crippen LogP contribution in [0.4, 0.5) is 0 Å². The minimum absolute atomic E-state index is 0.318. The standard InChI is InChI=1S/C17H32N4/c1-13(2)21-12-14(11-19-21)16(10-18)20-8-6-15(7-9-20)17(3,4)5/h11-13,15-16H,6-10,18H2,1-5H3. The van der Waals surface area contributed by atoms with E-state index in [0.717, 1.165) is 19.0 Å². The van der Waals surface area contributed by atoms with Gasteiger partial charge in [0.1, 0.15) is 0 Å². The van der Waals surface area contributed by atoms with Crippen molar-refractivity contribution in [2.75, 3.05) is 19.6 Å². The van der Waals surface area contributed by atoms with Crippen LogP contribution in [0.25, 0.3) is 0 Å². The molecule has 120 valence electrons. The molecule has 1 atom stereocenters. The van der Waals surface area contributed by atoms with Gasteiger partial charge < -0.3 is 5.73 Å². The maximum absolute atomic E-state index is 6.06. The molecular formula is C17H32N4. The smallest absolute Gasteiger partial charge is 0.0538 e. The molecule has 0 amide bonds. The van der Waals surface area contributed by atoms with Crippen molar-refractivity contribution in [2.45, 2.75) is 59.5 Å². The second-order valence-corrected chi connectivity index (χ2v) is 7.78. The van der Waals surface area contributed by atoms with Crippen molar-refractivity contribution < 1.29 is 0 Å². The average Bonchev–Trinajstić information content (AvgIpc) is 2.89. The minimum atomic E-state index is 0.318. The van der Waals surface area contributed by atoms with Crippen LogP contribution >= 0.6 is 0 Å². The topological polar surface area (TPSA) is 47.1 Å². The van der Waals surface area contributed by atoms with Gasteiger partial charge in [-0.05, 0) is 51.1 Å². The summed E-state index contributed by atoms with van der Waals surface area (Å²) in [4.78, 5) is 2.55. The Morgan fingerprint density at radius 1 is 1.29 bits per heavy atom. The average molecular weight is 292 g/mol. The molecule has 1 aromatic rings. The highest BCUT2D eigenvalue weighted by Gasteiger charge is 2.31. The predicted octanol–water partition coefficient (Wildman–Crippen LogP) is 3.22. The number of piperidine rings is 1. The molecular weight excluding hydrogens is 260 g/mol. The van der Waals surface area contributed by atoms with Gasteiger partial charge in [0.05, 0.1) is 12.2 Å². The van der Waals surface area contributed by atoms with E-state index >= 15 is 0 Å². The molecule has 0 spiro atoms. The summed E-state index contributed by atoms with van der Waals surface area (Å²) in [5.41, 5.74) is 7.75. The summed E-state index contributed by atoms with van der Waals surface area (Å²) in [6, 6.07) is 0.724. The number of likely N-dealkylation sites (tertiary alicyclic amines) is 1. The van der Waals surface area contributed by atoms with E-state index in [0.29, 0.717) is 24.0 Å². The van der Waals surface area contributed by atoms with Gasteiger partial charge in [-0.25, -0.2) is 0 Å². The number of nitrogens with zero attached hydrogens (tertiary/aromatic N) is 3. The van der Waals surface area contributed by atoms with Crippen LogP contribution in [0.5, 0.6) is 0 Å². The van der Waals surface area contributed by atoms with Gasteiger partial charge >= 0.3 is 0 Å². The molecule has 1 aliphatic rings. The lowest BCUT2D eigenvalue weighted by atomic mass is 9.75. The quantitative estimate of drug-likeness (QED) is 0.927. The van der Waals surface area contributed by atoms with Gasteiger partial charge in [0.15, 0.2) is 0 Å². The molecule has 1 aromatic heterocycles. The monoisotopic (exact) mass is 292 g/mol. The first kappa shape index (κ1) is 16.5. The highest BCUT2D eigenvalue weighted by atomic mass is 15.3. The summed E-state index contributed by atoms with van der Waals surface area (Å²) < 4.78 is 2.03.